The van der Waals surface area contributed by atoms with Gasteiger partial charge in [0.25, 0.3) is 5.91 Å². The van der Waals surface area contributed by atoms with E-state index >= 15 is 0 Å². The summed E-state index contributed by atoms with van der Waals surface area (Å²) in [5.74, 6) is 0.0908. The maximum Gasteiger partial charge on any atom is 0.254 e. The van der Waals surface area contributed by atoms with Gasteiger partial charge in [-0.1, -0.05) is 6.07 Å². The van der Waals surface area contributed by atoms with Gasteiger partial charge in [0.2, 0.25) is 0 Å². The van der Waals surface area contributed by atoms with Gasteiger partial charge < -0.3 is 15.7 Å². The first-order valence-electron chi connectivity index (χ1n) is 4.53. The molecule has 1 aliphatic heterocycles. The molecule has 1 amide bonds. The second kappa shape index (κ2) is 3.31. The first-order valence-corrected chi connectivity index (χ1v) is 4.53. The van der Waals surface area contributed by atoms with E-state index in [9.17, 15) is 9.90 Å². The number of amides is 1. The van der Waals surface area contributed by atoms with Crippen LogP contribution >= 0.6 is 0 Å². The van der Waals surface area contributed by atoms with Crippen LogP contribution in [0.3, 0.4) is 0 Å². The third-order valence-electron chi connectivity index (χ3n) is 2.37. The van der Waals surface area contributed by atoms with Gasteiger partial charge in [-0.05, 0) is 17.7 Å². The predicted octanol–water partition coefficient (Wildman–Crippen LogP) is 0.307. The van der Waals surface area contributed by atoms with Crippen molar-refractivity contribution in [2.45, 2.75) is 6.54 Å². The number of hydrogen-bond acceptors (Lipinski definition) is 3. The molecule has 0 saturated heterocycles. The van der Waals surface area contributed by atoms with Crippen molar-refractivity contribution in [3.8, 4) is 5.75 Å². The van der Waals surface area contributed by atoms with Gasteiger partial charge in [-0.2, -0.15) is 0 Å². The summed E-state index contributed by atoms with van der Waals surface area (Å²) in [6, 6.07) is 4.88. The van der Waals surface area contributed by atoms with E-state index in [2.05, 4.69) is 0 Å². The lowest BCUT2D eigenvalue weighted by molar-refractivity contribution is 0.0783. The molecule has 74 valence electrons. The zero-order chi connectivity index (χ0) is 10.1. The van der Waals surface area contributed by atoms with Crippen molar-refractivity contribution in [3.63, 3.8) is 0 Å². The standard InChI is InChI=1S/C10H12N2O2/c11-3-4-12-6-7-1-2-8(13)5-9(7)10(12)14/h1-2,5,13H,3-4,6,11H2. The Kier molecular flexibility index (Phi) is 2.13. The number of hydrogen-bond donors (Lipinski definition) is 2. The van der Waals surface area contributed by atoms with Crippen LogP contribution in [0.4, 0.5) is 0 Å². The molecule has 2 rings (SSSR count). The van der Waals surface area contributed by atoms with Crippen LogP contribution in [0.1, 0.15) is 15.9 Å². The van der Waals surface area contributed by atoms with Crippen molar-refractivity contribution in [2.24, 2.45) is 5.73 Å². The molecular weight excluding hydrogens is 180 g/mol. The first-order chi connectivity index (χ1) is 6.72. The number of carbonyl (C=O) groups is 1. The molecule has 3 N–H and O–H groups in total. The molecule has 1 aliphatic rings. The number of rotatable bonds is 2. The fourth-order valence-electron chi connectivity index (χ4n) is 1.69. The molecule has 0 bridgehead atoms. The monoisotopic (exact) mass is 192 g/mol. The van der Waals surface area contributed by atoms with E-state index in [1.54, 1.807) is 17.0 Å². The zero-order valence-electron chi connectivity index (χ0n) is 7.73. The minimum absolute atomic E-state index is 0.0404. The zero-order valence-corrected chi connectivity index (χ0v) is 7.73. The Morgan fingerprint density at radius 3 is 3.00 bits per heavy atom. The lowest BCUT2D eigenvalue weighted by Gasteiger charge is -2.13. The van der Waals surface area contributed by atoms with E-state index in [1.165, 1.54) is 6.07 Å². The van der Waals surface area contributed by atoms with E-state index in [1.807, 2.05) is 0 Å². The Morgan fingerprint density at radius 1 is 1.50 bits per heavy atom. The van der Waals surface area contributed by atoms with Crippen LogP contribution in [0, 0.1) is 0 Å². The van der Waals surface area contributed by atoms with Gasteiger partial charge in [0.1, 0.15) is 5.75 Å². The van der Waals surface area contributed by atoms with Crippen LogP contribution in [-0.4, -0.2) is 29.0 Å². The molecule has 0 unspecified atom stereocenters. The average Bonchev–Trinajstić information content (AvgIpc) is 2.46. The fourth-order valence-corrected chi connectivity index (χ4v) is 1.69. The number of nitrogens with zero attached hydrogens (tertiary/aromatic N) is 1. The van der Waals surface area contributed by atoms with Crippen molar-refractivity contribution in [2.75, 3.05) is 13.1 Å². The molecule has 14 heavy (non-hydrogen) atoms. The van der Waals surface area contributed by atoms with Crippen LogP contribution in [0.25, 0.3) is 0 Å². The highest BCUT2D eigenvalue weighted by Crippen LogP contribution is 2.25. The SMILES string of the molecule is NCCN1Cc2ccc(O)cc2C1=O. The maximum atomic E-state index is 11.7. The van der Waals surface area contributed by atoms with Gasteiger partial charge in [-0.25, -0.2) is 0 Å². The smallest absolute Gasteiger partial charge is 0.254 e. The number of carbonyl (C=O) groups excluding carboxylic acids is 1. The Bertz CT molecular complexity index is 376. The van der Waals surface area contributed by atoms with E-state index in [0.717, 1.165) is 5.56 Å². The van der Waals surface area contributed by atoms with Crippen LogP contribution in [0.5, 0.6) is 5.75 Å². The van der Waals surface area contributed by atoms with E-state index in [0.29, 0.717) is 25.2 Å². The Balaban J connectivity index is 2.31. The molecule has 1 aromatic rings. The summed E-state index contributed by atoms with van der Waals surface area (Å²) in [5.41, 5.74) is 6.95. The maximum absolute atomic E-state index is 11.7. The molecule has 0 aromatic heterocycles. The summed E-state index contributed by atoms with van der Waals surface area (Å²) >= 11 is 0. The van der Waals surface area contributed by atoms with Crippen molar-refractivity contribution in [1.29, 1.82) is 0 Å². The number of nitrogens with two attached hydrogens (primary N) is 1. The highest BCUT2D eigenvalue weighted by atomic mass is 16.3. The third-order valence-corrected chi connectivity index (χ3v) is 2.37. The molecule has 0 aliphatic carbocycles. The first kappa shape index (κ1) is 9.02. The molecule has 1 heterocycles. The topological polar surface area (TPSA) is 66.6 Å². The molecule has 0 saturated carbocycles. The minimum atomic E-state index is -0.0404. The number of fused-ring (bicyclic) bond motifs is 1. The largest absolute Gasteiger partial charge is 0.508 e. The molecule has 0 spiro atoms. The lowest BCUT2D eigenvalue weighted by Crippen LogP contribution is -2.29. The molecule has 0 atom stereocenters. The van der Waals surface area contributed by atoms with Crippen molar-refractivity contribution >= 4 is 5.91 Å². The number of phenols is 1. The summed E-state index contributed by atoms with van der Waals surface area (Å²) in [4.78, 5) is 13.4. The lowest BCUT2D eigenvalue weighted by atomic mass is 10.1. The molecule has 1 aromatic carbocycles. The Morgan fingerprint density at radius 2 is 2.29 bits per heavy atom. The minimum Gasteiger partial charge on any atom is -0.508 e. The Hall–Kier alpha value is -1.55. The van der Waals surface area contributed by atoms with Crippen LogP contribution in [-0.2, 0) is 6.54 Å². The quantitative estimate of drug-likeness (QED) is 0.708. The predicted molar refractivity (Wildman–Crippen MR) is 51.9 cm³/mol. The Labute approximate surface area is 81.9 Å². The van der Waals surface area contributed by atoms with Gasteiger partial charge in [0, 0.05) is 25.2 Å². The van der Waals surface area contributed by atoms with Gasteiger partial charge >= 0.3 is 0 Å². The van der Waals surface area contributed by atoms with Gasteiger partial charge in [-0.15, -0.1) is 0 Å². The highest BCUT2D eigenvalue weighted by molar-refractivity contribution is 5.98. The third kappa shape index (κ3) is 1.33. The molecule has 0 radical (unpaired) electrons. The summed E-state index contributed by atoms with van der Waals surface area (Å²) in [6.45, 7) is 1.63. The summed E-state index contributed by atoms with van der Waals surface area (Å²) in [5, 5.41) is 9.23. The van der Waals surface area contributed by atoms with Crippen LogP contribution in [0.2, 0.25) is 0 Å². The van der Waals surface area contributed by atoms with E-state index in [4.69, 9.17) is 5.73 Å². The summed E-state index contributed by atoms with van der Waals surface area (Å²) in [6.07, 6.45) is 0. The highest BCUT2D eigenvalue weighted by Gasteiger charge is 2.26. The molecule has 0 fully saturated rings. The second-order valence-corrected chi connectivity index (χ2v) is 3.36. The summed E-state index contributed by atoms with van der Waals surface area (Å²) in [7, 11) is 0. The number of benzene rings is 1. The summed E-state index contributed by atoms with van der Waals surface area (Å²) < 4.78 is 0. The molecule has 4 heteroatoms. The van der Waals surface area contributed by atoms with Crippen LogP contribution in [0.15, 0.2) is 18.2 Å². The van der Waals surface area contributed by atoms with Crippen molar-refractivity contribution in [1.82, 2.24) is 4.90 Å². The average molecular weight is 192 g/mol. The van der Waals surface area contributed by atoms with Gasteiger partial charge in [0.05, 0.1) is 0 Å². The number of aromatic hydroxyl groups is 1. The van der Waals surface area contributed by atoms with Gasteiger partial charge in [-0.3, -0.25) is 4.79 Å². The fraction of sp³-hybridized carbons (Fsp3) is 0.300. The normalized spacial score (nSPS) is 14.6. The van der Waals surface area contributed by atoms with Crippen molar-refractivity contribution < 1.29 is 9.90 Å². The molecule has 4 nitrogen and oxygen atoms in total. The second-order valence-electron chi connectivity index (χ2n) is 3.36. The van der Waals surface area contributed by atoms with E-state index in [-0.39, 0.29) is 11.7 Å². The van der Waals surface area contributed by atoms with Crippen molar-refractivity contribution in [3.05, 3.63) is 29.3 Å². The van der Waals surface area contributed by atoms with Crippen LogP contribution < -0.4 is 5.73 Å². The van der Waals surface area contributed by atoms with E-state index < -0.39 is 0 Å². The number of phenolic OH excluding ortho intramolecular Hbond substituents is 1. The molecular formula is C10H12N2O2. The van der Waals surface area contributed by atoms with Gasteiger partial charge in [0.15, 0.2) is 0 Å².